The summed E-state index contributed by atoms with van der Waals surface area (Å²) in [5.41, 5.74) is 0.342. The Morgan fingerprint density at radius 3 is 2.47 bits per heavy atom. The Balaban J connectivity index is 2.99. The van der Waals surface area contributed by atoms with E-state index in [0.717, 1.165) is 3.57 Å². The van der Waals surface area contributed by atoms with Crippen LogP contribution in [0.5, 0.6) is 5.75 Å². The van der Waals surface area contributed by atoms with Crippen molar-refractivity contribution in [2.45, 2.75) is 0 Å². The smallest absolute Gasteiger partial charge is 0.414 e. The van der Waals surface area contributed by atoms with Gasteiger partial charge < -0.3 is 14.4 Å². The van der Waals surface area contributed by atoms with Gasteiger partial charge in [-0.2, -0.15) is 0 Å². The van der Waals surface area contributed by atoms with E-state index >= 15 is 0 Å². The molecule has 0 heterocycles. The van der Waals surface area contributed by atoms with Crippen LogP contribution in [0.25, 0.3) is 0 Å². The van der Waals surface area contributed by atoms with Crippen molar-refractivity contribution >= 4 is 34.7 Å². The molecule has 0 fully saturated rings. The zero-order chi connectivity index (χ0) is 13.0. The zero-order valence-electron chi connectivity index (χ0n) is 9.69. The highest BCUT2D eigenvalue weighted by molar-refractivity contribution is 14.1. The van der Waals surface area contributed by atoms with Gasteiger partial charge in [-0.05, 0) is 40.8 Å². The Morgan fingerprint density at radius 2 is 1.94 bits per heavy atom. The molecule has 1 rings (SSSR count). The average molecular weight is 349 g/mol. The fourth-order valence-electron chi connectivity index (χ4n) is 1.01. The minimum atomic E-state index is -0.495. The SMILES string of the molecule is COC(=O)c1ccc(I)c(OC(=O)N(C)C)c1. The standard InChI is InChI=1S/C11H12INO4/c1-13(2)11(15)17-9-6-7(10(14)16-3)4-5-8(9)12/h4-6H,1-3H3. The number of carbonyl (C=O) groups excluding carboxylic acids is 2. The van der Waals surface area contributed by atoms with Gasteiger partial charge in [0.25, 0.3) is 0 Å². The van der Waals surface area contributed by atoms with Crippen molar-refractivity contribution < 1.29 is 19.1 Å². The van der Waals surface area contributed by atoms with Crippen LogP contribution in [0.2, 0.25) is 0 Å². The fraction of sp³-hybridized carbons (Fsp3) is 0.273. The molecule has 0 radical (unpaired) electrons. The van der Waals surface area contributed by atoms with Crippen LogP contribution in [0, 0.1) is 3.57 Å². The van der Waals surface area contributed by atoms with Gasteiger partial charge in [0.2, 0.25) is 0 Å². The summed E-state index contributed by atoms with van der Waals surface area (Å²) in [4.78, 5) is 24.0. The van der Waals surface area contributed by atoms with Crippen molar-refractivity contribution in [3.63, 3.8) is 0 Å². The molecular formula is C11H12INO4. The second kappa shape index (κ2) is 5.85. The second-order valence-electron chi connectivity index (χ2n) is 3.40. The third kappa shape index (κ3) is 3.58. The molecule has 0 aliphatic rings. The number of nitrogens with zero attached hydrogens (tertiary/aromatic N) is 1. The summed E-state index contributed by atoms with van der Waals surface area (Å²) in [5.74, 6) is -0.129. The quantitative estimate of drug-likeness (QED) is 0.607. The van der Waals surface area contributed by atoms with E-state index in [1.165, 1.54) is 18.1 Å². The molecule has 0 saturated carbocycles. The molecule has 17 heavy (non-hydrogen) atoms. The number of ether oxygens (including phenoxy) is 2. The van der Waals surface area contributed by atoms with Crippen LogP contribution in [-0.2, 0) is 4.74 Å². The number of carbonyl (C=O) groups is 2. The first kappa shape index (κ1) is 13.8. The van der Waals surface area contributed by atoms with E-state index in [0.29, 0.717) is 11.3 Å². The van der Waals surface area contributed by atoms with Crippen LogP contribution in [0.1, 0.15) is 10.4 Å². The van der Waals surface area contributed by atoms with Gasteiger partial charge >= 0.3 is 12.1 Å². The number of halogens is 1. The van der Waals surface area contributed by atoms with Crippen molar-refractivity contribution in [3.8, 4) is 5.75 Å². The summed E-state index contributed by atoms with van der Waals surface area (Å²) in [6.07, 6.45) is -0.495. The van der Waals surface area contributed by atoms with Crippen LogP contribution >= 0.6 is 22.6 Å². The zero-order valence-corrected chi connectivity index (χ0v) is 11.8. The molecule has 92 valence electrons. The molecule has 0 aromatic heterocycles. The molecule has 0 aliphatic heterocycles. The van der Waals surface area contributed by atoms with E-state index in [2.05, 4.69) is 4.74 Å². The molecule has 0 bridgehead atoms. The van der Waals surface area contributed by atoms with Crippen molar-refractivity contribution in [2.75, 3.05) is 21.2 Å². The van der Waals surface area contributed by atoms with E-state index in [4.69, 9.17) is 4.74 Å². The lowest BCUT2D eigenvalue weighted by molar-refractivity contribution is 0.0600. The first-order valence-electron chi connectivity index (χ1n) is 4.72. The van der Waals surface area contributed by atoms with Crippen molar-refractivity contribution in [1.82, 2.24) is 4.90 Å². The molecular weight excluding hydrogens is 337 g/mol. The van der Waals surface area contributed by atoms with Crippen molar-refractivity contribution in [1.29, 1.82) is 0 Å². The van der Waals surface area contributed by atoms with Gasteiger partial charge in [-0.25, -0.2) is 9.59 Å². The molecule has 0 atom stereocenters. The monoisotopic (exact) mass is 349 g/mol. The number of amides is 1. The molecule has 0 unspecified atom stereocenters. The maximum Gasteiger partial charge on any atom is 0.414 e. The highest BCUT2D eigenvalue weighted by Gasteiger charge is 2.13. The van der Waals surface area contributed by atoms with Gasteiger partial charge in [0.05, 0.1) is 16.2 Å². The lowest BCUT2D eigenvalue weighted by Crippen LogP contribution is -2.25. The highest BCUT2D eigenvalue weighted by Crippen LogP contribution is 2.23. The predicted molar refractivity (Wildman–Crippen MR) is 70.2 cm³/mol. The Morgan fingerprint density at radius 1 is 1.29 bits per heavy atom. The molecule has 6 heteroatoms. The van der Waals surface area contributed by atoms with E-state index < -0.39 is 12.1 Å². The van der Waals surface area contributed by atoms with Gasteiger partial charge in [-0.15, -0.1) is 0 Å². The maximum absolute atomic E-state index is 11.4. The molecule has 0 aliphatic carbocycles. The first-order chi connectivity index (χ1) is 7.95. The summed E-state index contributed by atoms with van der Waals surface area (Å²) in [6.45, 7) is 0. The van der Waals surface area contributed by atoms with Gasteiger partial charge in [0.1, 0.15) is 5.75 Å². The summed E-state index contributed by atoms with van der Waals surface area (Å²) in [7, 11) is 4.46. The van der Waals surface area contributed by atoms with Crippen LogP contribution < -0.4 is 4.74 Å². The second-order valence-corrected chi connectivity index (χ2v) is 4.56. The van der Waals surface area contributed by atoms with E-state index in [9.17, 15) is 9.59 Å². The van der Waals surface area contributed by atoms with Crippen LogP contribution in [-0.4, -0.2) is 38.2 Å². The fourth-order valence-corrected chi connectivity index (χ4v) is 1.46. The molecule has 5 nitrogen and oxygen atoms in total. The van der Waals surface area contributed by atoms with E-state index in [1.54, 1.807) is 26.2 Å². The average Bonchev–Trinajstić information content (AvgIpc) is 2.30. The number of hydrogen-bond acceptors (Lipinski definition) is 4. The molecule has 0 N–H and O–H groups in total. The molecule has 1 aromatic rings. The molecule has 1 aromatic carbocycles. The van der Waals surface area contributed by atoms with Crippen molar-refractivity contribution in [2.24, 2.45) is 0 Å². The lowest BCUT2D eigenvalue weighted by Gasteiger charge is -2.12. The first-order valence-corrected chi connectivity index (χ1v) is 5.80. The number of benzene rings is 1. The number of methoxy groups -OCH3 is 1. The number of rotatable bonds is 2. The van der Waals surface area contributed by atoms with Gasteiger partial charge in [-0.1, -0.05) is 0 Å². The predicted octanol–water partition coefficient (Wildman–Crippen LogP) is 2.14. The molecule has 0 saturated heterocycles. The number of hydrogen-bond donors (Lipinski definition) is 0. The van der Waals surface area contributed by atoms with E-state index in [-0.39, 0.29) is 0 Å². The molecule has 1 amide bonds. The largest absolute Gasteiger partial charge is 0.465 e. The van der Waals surface area contributed by atoms with Gasteiger partial charge in [0.15, 0.2) is 0 Å². The topological polar surface area (TPSA) is 55.8 Å². The Bertz CT molecular complexity index is 445. The van der Waals surface area contributed by atoms with Crippen molar-refractivity contribution in [3.05, 3.63) is 27.3 Å². The molecule has 0 spiro atoms. The minimum absolute atomic E-state index is 0.340. The van der Waals surface area contributed by atoms with Gasteiger partial charge in [0, 0.05) is 14.1 Å². The maximum atomic E-state index is 11.4. The van der Waals surface area contributed by atoms with Crippen LogP contribution in [0.4, 0.5) is 4.79 Å². The normalized spacial score (nSPS) is 9.65. The number of esters is 1. The summed E-state index contributed by atoms with van der Waals surface area (Å²) < 4.78 is 10.4. The van der Waals surface area contributed by atoms with E-state index in [1.807, 2.05) is 22.6 Å². The van der Waals surface area contributed by atoms with Crippen LogP contribution in [0.15, 0.2) is 18.2 Å². The summed E-state index contributed by atoms with van der Waals surface area (Å²) >= 11 is 2.02. The third-order valence-corrected chi connectivity index (χ3v) is 2.81. The summed E-state index contributed by atoms with van der Waals surface area (Å²) in [5, 5.41) is 0. The van der Waals surface area contributed by atoms with Crippen LogP contribution in [0.3, 0.4) is 0 Å². The minimum Gasteiger partial charge on any atom is -0.465 e. The lowest BCUT2D eigenvalue weighted by atomic mass is 10.2. The Hall–Kier alpha value is -1.31. The Labute approximate surface area is 113 Å². The third-order valence-electron chi connectivity index (χ3n) is 1.91. The Kier molecular flexibility index (Phi) is 4.73. The van der Waals surface area contributed by atoms with Gasteiger partial charge in [-0.3, -0.25) is 0 Å². The summed E-state index contributed by atoms with van der Waals surface area (Å²) in [6, 6.07) is 4.78. The highest BCUT2D eigenvalue weighted by atomic mass is 127.